The Morgan fingerprint density at radius 2 is 2.33 bits per heavy atom. The van der Waals surface area contributed by atoms with Crippen molar-refractivity contribution in [1.29, 1.82) is 0 Å². The van der Waals surface area contributed by atoms with Gasteiger partial charge in [0.05, 0.1) is 6.04 Å². The number of hydrogen-bond acceptors (Lipinski definition) is 2. The molecule has 2 rings (SSSR count). The maximum atomic E-state index is 13.3. The highest BCUT2D eigenvalue weighted by atomic mass is 19.1. The summed E-state index contributed by atoms with van der Waals surface area (Å²) < 4.78 is 13.3. The van der Waals surface area contributed by atoms with Crippen LogP contribution in [0.25, 0.3) is 0 Å². The molecule has 98 valence electrons. The summed E-state index contributed by atoms with van der Waals surface area (Å²) >= 11 is 0. The Labute approximate surface area is 107 Å². The smallest absolute Gasteiger partial charge is 0.237 e. The van der Waals surface area contributed by atoms with Crippen LogP contribution in [0.15, 0.2) is 18.2 Å². The first-order valence-corrected chi connectivity index (χ1v) is 6.34. The van der Waals surface area contributed by atoms with Gasteiger partial charge in [0.1, 0.15) is 5.82 Å². The van der Waals surface area contributed by atoms with E-state index in [9.17, 15) is 9.18 Å². The summed E-state index contributed by atoms with van der Waals surface area (Å²) in [4.78, 5) is 11.9. The highest BCUT2D eigenvalue weighted by Crippen LogP contribution is 2.14. The predicted octanol–water partition coefficient (Wildman–Crippen LogP) is 1.75. The molecule has 4 heteroatoms. The summed E-state index contributed by atoms with van der Waals surface area (Å²) in [5.74, 6) is 0.134. The normalized spacial score (nSPS) is 23.1. The van der Waals surface area contributed by atoms with E-state index in [1.807, 2.05) is 6.07 Å². The van der Waals surface area contributed by atoms with Crippen LogP contribution >= 0.6 is 0 Å². The lowest BCUT2D eigenvalue weighted by atomic mass is 10.0. The van der Waals surface area contributed by atoms with Crippen LogP contribution in [0.1, 0.15) is 24.5 Å². The molecule has 1 aliphatic heterocycles. The highest BCUT2D eigenvalue weighted by molar-refractivity contribution is 5.82. The third-order valence-corrected chi connectivity index (χ3v) is 3.52. The van der Waals surface area contributed by atoms with Crippen molar-refractivity contribution in [3.05, 3.63) is 35.1 Å². The lowest BCUT2D eigenvalue weighted by molar-refractivity contribution is -0.123. The number of carbonyl (C=O) groups is 1. The molecule has 1 amide bonds. The van der Waals surface area contributed by atoms with Gasteiger partial charge in [-0.2, -0.15) is 0 Å². The van der Waals surface area contributed by atoms with Gasteiger partial charge in [0.15, 0.2) is 0 Å². The molecule has 1 aromatic carbocycles. The Balaban J connectivity index is 1.91. The largest absolute Gasteiger partial charge is 0.351 e. The van der Waals surface area contributed by atoms with E-state index in [2.05, 4.69) is 17.6 Å². The molecule has 1 saturated heterocycles. The van der Waals surface area contributed by atoms with Crippen molar-refractivity contribution >= 4 is 5.91 Å². The van der Waals surface area contributed by atoms with Crippen molar-refractivity contribution in [2.75, 3.05) is 6.54 Å². The predicted molar refractivity (Wildman–Crippen MR) is 68.6 cm³/mol. The zero-order valence-electron chi connectivity index (χ0n) is 10.8. The van der Waals surface area contributed by atoms with E-state index < -0.39 is 0 Å². The number of benzene rings is 1. The van der Waals surface area contributed by atoms with E-state index in [0.717, 1.165) is 18.5 Å². The molecule has 0 radical (unpaired) electrons. The van der Waals surface area contributed by atoms with Gasteiger partial charge in [-0.15, -0.1) is 0 Å². The SMILES string of the molecule is Cc1ccc(CNC(=O)C2NCCC2C)cc1F. The number of amides is 1. The first-order valence-electron chi connectivity index (χ1n) is 6.34. The number of nitrogens with one attached hydrogen (secondary N) is 2. The Bertz CT molecular complexity index is 447. The maximum Gasteiger partial charge on any atom is 0.237 e. The fraction of sp³-hybridized carbons (Fsp3) is 0.500. The highest BCUT2D eigenvalue weighted by Gasteiger charge is 2.28. The Morgan fingerprint density at radius 3 is 2.94 bits per heavy atom. The third kappa shape index (κ3) is 2.88. The topological polar surface area (TPSA) is 41.1 Å². The molecule has 1 heterocycles. The fourth-order valence-corrected chi connectivity index (χ4v) is 2.23. The van der Waals surface area contributed by atoms with Crippen LogP contribution < -0.4 is 10.6 Å². The van der Waals surface area contributed by atoms with Crippen molar-refractivity contribution in [1.82, 2.24) is 10.6 Å². The molecule has 1 aromatic rings. The summed E-state index contributed by atoms with van der Waals surface area (Å²) in [6.45, 7) is 5.05. The zero-order chi connectivity index (χ0) is 13.1. The van der Waals surface area contributed by atoms with Gasteiger partial charge in [-0.05, 0) is 43.0 Å². The molecule has 0 bridgehead atoms. The Kier molecular flexibility index (Phi) is 3.97. The van der Waals surface area contributed by atoms with Gasteiger partial charge in [0.25, 0.3) is 0 Å². The van der Waals surface area contributed by atoms with Crippen LogP contribution in [0.2, 0.25) is 0 Å². The summed E-state index contributed by atoms with van der Waals surface area (Å²) in [7, 11) is 0. The van der Waals surface area contributed by atoms with Crippen molar-refractivity contribution in [2.45, 2.75) is 32.9 Å². The van der Waals surface area contributed by atoms with Crippen LogP contribution in [-0.2, 0) is 11.3 Å². The van der Waals surface area contributed by atoms with Gasteiger partial charge in [-0.1, -0.05) is 19.1 Å². The average molecular weight is 250 g/mol. The Hall–Kier alpha value is -1.42. The van der Waals surface area contributed by atoms with Crippen LogP contribution in [0.4, 0.5) is 4.39 Å². The van der Waals surface area contributed by atoms with E-state index in [1.165, 1.54) is 6.07 Å². The van der Waals surface area contributed by atoms with Crippen molar-refractivity contribution in [3.63, 3.8) is 0 Å². The van der Waals surface area contributed by atoms with Gasteiger partial charge >= 0.3 is 0 Å². The third-order valence-electron chi connectivity index (χ3n) is 3.52. The first kappa shape index (κ1) is 13.0. The van der Waals surface area contributed by atoms with Gasteiger partial charge in [0.2, 0.25) is 5.91 Å². The average Bonchev–Trinajstić information content (AvgIpc) is 2.77. The van der Waals surface area contributed by atoms with Crippen molar-refractivity contribution in [2.24, 2.45) is 5.92 Å². The summed E-state index contributed by atoms with van der Waals surface area (Å²) in [5, 5.41) is 6.03. The second-order valence-electron chi connectivity index (χ2n) is 5.00. The number of carbonyl (C=O) groups excluding carboxylic acids is 1. The minimum Gasteiger partial charge on any atom is -0.351 e. The quantitative estimate of drug-likeness (QED) is 0.858. The lowest BCUT2D eigenvalue weighted by Gasteiger charge is -2.15. The van der Waals surface area contributed by atoms with E-state index in [-0.39, 0.29) is 17.8 Å². The number of hydrogen-bond donors (Lipinski definition) is 2. The molecule has 2 unspecified atom stereocenters. The number of rotatable bonds is 3. The molecule has 2 N–H and O–H groups in total. The Morgan fingerprint density at radius 1 is 1.56 bits per heavy atom. The maximum absolute atomic E-state index is 13.3. The minimum atomic E-state index is -0.228. The van der Waals surface area contributed by atoms with Crippen LogP contribution in [0.3, 0.4) is 0 Å². The zero-order valence-corrected chi connectivity index (χ0v) is 10.8. The summed E-state index contributed by atoms with van der Waals surface area (Å²) in [6.07, 6.45) is 1.03. The summed E-state index contributed by atoms with van der Waals surface area (Å²) in [6, 6.07) is 4.93. The molecule has 2 atom stereocenters. The van der Waals surface area contributed by atoms with E-state index in [0.29, 0.717) is 18.0 Å². The molecular formula is C14H19FN2O. The van der Waals surface area contributed by atoms with Crippen LogP contribution in [0, 0.1) is 18.7 Å². The fourth-order valence-electron chi connectivity index (χ4n) is 2.23. The van der Waals surface area contributed by atoms with E-state index >= 15 is 0 Å². The number of halogens is 1. The van der Waals surface area contributed by atoms with Gasteiger partial charge in [-0.3, -0.25) is 4.79 Å². The van der Waals surface area contributed by atoms with E-state index in [4.69, 9.17) is 0 Å². The molecule has 0 aliphatic carbocycles. The van der Waals surface area contributed by atoms with Gasteiger partial charge in [-0.25, -0.2) is 4.39 Å². The van der Waals surface area contributed by atoms with Crippen LogP contribution in [-0.4, -0.2) is 18.5 Å². The van der Waals surface area contributed by atoms with E-state index in [1.54, 1.807) is 13.0 Å². The van der Waals surface area contributed by atoms with Crippen molar-refractivity contribution < 1.29 is 9.18 Å². The summed E-state index contributed by atoms with van der Waals surface area (Å²) in [5.41, 5.74) is 1.41. The molecule has 1 aliphatic rings. The molecule has 0 saturated carbocycles. The lowest BCUT2D eigenvalue weighted by Crippen LogP contribution is -2.42. The second-order valence-corrected chi connectivity index (χ2v) is 5.00. The monoisotopic (exact) mass is 250 g/mol. The van der Waals surface area contributed by atoms with Crippen LogP contribution in [0.5, 0.6) is 0 Å². The molecular weight excluding hydrogens is 231 g/mol. The number of aryl methyl sites for hydroxylation is 1. The molecule has 3 nitrogen and oxygen atoms in total. The second kappa shape index (κ2) is 5.48. The molecule has 0 aromatic heterocycles. The minimum absolute atomic E-state index is 0.000910. The van der Waals surface area contributed by atoms with Gasteiger partial charge in [0, 0.05) is 6.54 Å². The van der Waals surface area contributed by atoms with Crippen molar-refractivity contribution in [3.8, 4) is 0 Å². The molecule has 18 heavy (non-hydrogen) atoms. The molecule has 0 spiro atoms. The standard InChI is InChI=1S/C14H19FN2O/c1-9-3-4-11(7-12(9)15)8-17-14(18)13-10(2)5-6-16-13/h3-4,7,10,13,16H,5-6,8H2,1-2H3,(H,17,18). The van der Waals surface area contributed by atoms with Gasteiger partial charge < -0.3 is 10.6 Å². The first-order chi connectivity index (χ1) is 8.58. The molecule has 1 fully saturated rings.